The van der Waals surface area contributed by atoms with Crippen molar-refractivity contribution < 1.29 is 53.1 Å². The number of nitrogens with two attached hydrogens (primary N) is 2. The molecule has 1 aromatic carbocycles. The van der Waals surface area contributed by atoms with Crippen molar-refractivity contribution in [1.82, 2.24) is 42.1 Å². The predicted octanol–water partition coefficient (Wildman–Crippen LogP) is -0.483. The second kappa shape index (κ2) is 31.5. The molecule has 0 aromatic heterocycles. The van der Waals surface area contributed by atoms with Gasteiger partial charge in [0.1, 0.15) is 30.2 Å². The average molecular weight is 943 g/mol. The van der Waals surface area contributed by atoms with Crippen LogP contribution in [-0.4, -0.2) is 132 Å². The predicted molar refractivity (Wildman–Crippen MR) is 250 cm³/mol. The Labute approximate surface area is 393 Å². The van der Waals surface area contributed by atoms with Crippen LogP contribution in [0.25, 0.3) is 0 Å². The number of aliphatic carboxylic acids is 1. The van der Waals surface area contributed by atoms with Crippen LogP contribution in [0.2, 0.25) is 0 Å². The molecule has 9 amide bonds. The highest BCUT2D eigenvalue weighted by Gasteiger charge is 2.37. The number of amides is 9. The average Bonchev–Trinajstić information content (AvgIpc) is 3.28. The van der Waals surface area contributed by atoms with Crippen molar-refractivity contribution in [2.75, 3.05) is 32.7 Å². The van der Waals surface area contributed by atoms with Crippen molar-refractivity contribution in [3.63, 3.8) is 0 Å². The molecule has 0 heterocycles. The van der Waals surface area contributed by atoms with Crippen LogP contribution in [0.15, 0.2) is 42.5 Å². The van der Waals surface area contributed by atoms with Gasteiger partial charge in [0.2, 0.25) is 53.2 Å². The molecular weight excluding hydrogens is 869 g/mol. The quantitative estimate of drug-likeness (QED) is 0.0500. The SMILES string of the molecule is CC(C)[C@H](NC(=O)[C@@H](NC(=O)[C@@H](NC(=O)[C@H](CCC(N)=O)NC(=O)/C=C/C(=O)NCC(=O)NCC(=O)N[C@@H](Cc1ccccc1)C(=O)O)C1CCCCC1)C(C)C)C(N)=O.CCN(CC)CC. The molecule has 0 saturated heterocycles. The van der Waals surface area contributed by atoms with Crippen molar-refractivity contribution in [3.05, 3.63) is 48.0 Å². The van der Waals surface area contributed by atoms with Gasteiger partial charge in [-0.15, -0.1) is 0 Å². The van der Waals surface area contributed by atoms with Crippen LogP contribution in [0, 0.1) is 17.8 Å². The number of carboxylic acids is 1. The van der Waals surface area contributed by atoms with E-state index in [0.29, 0.717) is 18.4 Å². The zero-order valence-electron chi connectivity index (χ0n) is 40.0. The fraction of sp³-hybridized carbons (Fsp3) is 0.609. The van der Waals surface area contributed by atoms with E-state index in [1.165, 1.54) is 19.6 Å². The molecule has 0 unspecified atom stereocenters. The second-order valence-electron chi connectivity index (χ2n) is 16.9. The monoisotopic (exact) mass is 943 g/mol. The van der Waals surface area contributed by atoms with E-state index >= 15 is 0 Å². The third-order valence-electron chi connectivity index (χ3n) is 11.0. The van der Waals surface area contributed by atoms with Crippen molar-refractivity contribution in [2.24, 2.45) is 29.2 Å². The smallest absolute Gasteiger partial charge is 0.326 e. The topological polar surface area (TPSA) is 330 Å². The summed E-state index contributed by atoms with van der Waals surface area (Å²) < 4.78 is 0. The van der Waals surface area contributed by atoms with Gasteiger partial charge in [-0.25, -0.2) is 4.79 Å². The minimum Gasteiger partial charge on any atom is -0.480 e. The number of carbonyl (C=O) groups excluding carboxylic acids is 9. The van der Waals surface area contributed by atoms with Crippen LogP contribution in [0.5, 0.6) is 0 Å². The largest absolute Gasteiger partial charge is 0.480 e. The normalized spacial score (nSPS) is 14.8. The number of nitrogens with zero attached hydrogens (tertiary/aromatic N) is 1. The van der Waals surface area contributed by atoms with Gasteiger partial charge in [-0.2, -0.15) is 0 Å². The molecule has 0 aliphatic heterocycles. The van der Waals surface area contributed by atoms with Crippen LogP contribution in [-0.2, 0) is 54.4 Å². The van der Waals surface area contributed by atoms with Crippen molar-refractivity contribution in [3.8, 4) is 0 Å². The number of hydrogen-bond acceptors (Lipinski definition) is 11. The first-order valence-corrected chi connectivity index (χ1v) is 22.9. The second-order valence-corrected chi connectivity index (χ2v) is 16.9. The van der Waals surface area contributed by atoms with Crippen molar-refractivity contribution in [2.45, 2.75) is 130 Å². The number of carboxylic acid groups (broad SMARTS) is 1. The zero-order chi connectivity index (χ0) is 50.6. The zero-order valence-corrected chi connectivity index (χ0v) is 40.0. The fourth-order valence-corrected chi connectivity index (χ4v) is 7.07. The lowest BCUT2D eigenvalue weighted by Gasteiger charge is -2.33. The van der Waals surface area contributed by atoms with E-state index in [-0.39, 0.29) is 31.1 Å². The van der Waals surface area contributed by atoms with Crippen LogP contribution < -0.4 is 48.7 Å². The van der Waals surface area contributed by atoms with Crippen molar-refractivity contribution in [1.29, 1.82) is 0 Å². The fourth-order valence-electron chi connectivity index (χ4n) is 7.07. The first-order valence-electron chi connectivity index (χ1n) is 22.9. The van der Waals surface area contributed by atoms with Gasteiger partial charge in [-0.1, -0.05) is 98.1 Å². The maximum Gasteiger partial charge on any atom is 0.326 e. The molecule has 21 heteroatoms. The van der Waals surface area contributed by atoms with Gasteiger partial charge in [0.15, 0.2) is 0 Å². The van der Waals surface area contributed by atoms with Crippen LogP contribution >= 0.6 is 0 Å². The highest BCUT2D eigenvalue weighted by Crippen LogP contribution is 2.27. The summed E-state index contributed by atoms with van der Waals surface area (Å²) in [4.78, 5) is 128. The van der Waals surface area contributed by atoms with E-state index in [4.69, 9.17) is 11.5 Å². The molecule has 1 aliphatic rings. The molecular formula is C46H74N10O11. The van der Waals surface area contributed by atoms with E-state index < -0.39 is 108 Å². The number of hydrogen-bond donors (Lipinski definition) is 10. The molecule has 21 nitrogen and oxygen atoms in total. The first kappa shape index (κ1) is 58.6. The summed E-state index contributed by atoms with van der Waals surface area (Å²) >= 11 is 0. The molecule has 0 bridgehead atoms. The minimum atomic E-state index is -1.39. The molecule has 0 spiro atoms. The molecule has 67 heavy (non-hydrogen) atoms. The summed E-state index contributed by atoms with van der Waals surface area (Å²) in [5, 5.41) is 26.6. The number of carbonyl (C=O) groups is 10. The maximum absolute atomic E-state index is 13.9. The molecule has 1 aliphatic carbocycles. The summed E-state index contributed by atoms with van der Waals surface area (Å²) in [5.74, 6) is -9.43. The number of nitrogens with one attached hydrogen (secondary N) is 7. The van der Waals surface area contributed by atoms with E-state index in [1.807, 2.05) is 0 Å². The standard InChI is InChI=1S/C40H59N9O11.C6H15N/c1-22(2)33(36(42)55)47-38(57)34(23(3)4)48-39(58)35(25-13-9-6-10-14-25)49-37(56)26(15-16-28(41)50)45-30(52)18-17-29(51)43-20-31(53)44-21-32(54)46-27(40(59)60)19-24-11-7-5-8-12-24;1-4-7(5-2)6-3/h5,7-8,11-12,17-18,22-23,25-27,33-35H,6,9-10,13-16,19-21H2,1-4H3,(H2,41,50)(H2,42,55)(H,43,51)(H,44,53)(H,45,52)(H,46,54)(H,47,57)(H,48,58)(H,49,56)(H,59,60);4-6H2,1-3H3/b18-17+;/t26-,27-,33-,34-,35-;/m0./s1. The minimum absolute atomic E-state index is 0.0154. The Hall–Kier alpha value is -6.38. The van der Waals surface area contributed by atoms with Crippen LogP contribution in [0.4, 0.5) is 0 Å². The Morgan fingerprint density at radius 3 is 1.72 bits per heavy atom. The maximum atomic E-state index is 13.9. The Morgan fingerprint density at radius 1 is 0.657 bits per heavy atom. The van der Waals surface area contributed by atoms with E-state index in [2.05, 4.69) is 62.9 Å². The van der Waals surface area contributed by atoms with Crippen LogP contribution in [0.3, 0.4) is 0 Å². The Morgan fingerprint density at radius 2 is 1.21 bits per heavy atom. The van der Waals surface area contributed by atoms with E-state index in [1.54, 1.807) is 58.0 Å². The first-order chi connectivity index (χ1) is 31.6. The molecule has 0 radical (unpaired) electrons. The lowest BCUT2D eigenvalue weighted by atomic mass is 9.83. The molecule has 374 valence electrons. The van der Waals surface area contributed by atoms with E-state index in [0.717, 1.165) is 31.4 Å². The summed E-state index contributed by atoms with van der Waals surface area (Å²) in [6.07, 6.45) is 4.61. The Bertz CT molecular complexity index is 1830. The molecule has 12 N–H and O–H groups in total. The van der Waals surface area contributed by atoms with Gasteiger partial charge in [0, 0.05) is 25.0 Å². The van der Waals surface area contributed by atoms with Gasteiger partial charge in [0.25, 0.3) is 0 Å². The lowest BCUT2D eigenvalue weighted by Crippen LogP contribution is -2.61. The molecule has 1 saturated carbocycles. The summed E-state index contributed by atoms with van der Waals surface area (Å²) in [7, 11) is 0. The third-order valence-corrected chi connectivity index (χ3v) is 11.0. The summed E-state index contributed by atoms with van der Waals surface area (Å²) in [5.41, 5.74) is 11.5. The number of benzene rings is 1. The Balaban J connectivity index is 0.00000295. The van der Waals surface area contributed by atoms with Gasteiger partial charge >= 0.3 is 5.97 Å². The van der Waals surface area contributed by atoms with Crippen LogP contribution in [0.1, 0.15) is 99.0 Å². The van der Waals surface area contributed by atoms with Crippen molar-refractivity contribution >= 4 is 59.1 Å². The number of rotatable bonds is 27. The van der Waals surface area contributed by atoms with Gasteiger partial charge < -0.3 is 58.7 Å². The summed E-state index contributed by atoms with van der Waals surface area (Å²) in [6.45, 7) is 15.7. The molecule has 1 aromatic rings. The Kier molecular flexibility index (Phi) is 27.6. The third kappa shape index (κ3) is 23.6. The highest BCUT2D eigenvalue weighted by atomic mass is 16.4. The van der Waals surface area contributed by atoms with Gasteiger partial charge in [0.05, 0.1) is 13.1 Å². The molecule has 1 fully saturated rings. The highest BCUT2D eigenvalue weighted by molar-refractivity contribution is 6.00. The van der Waals surface area contributed by atoms with E-state index in [9.17, 15) is 53.1 Å². The molecule has 2 rings (SSSR count). The van der Waals surface area contributed by atoms with Gasteiger partial charge in [-0.05, 0) is 62.2 Å². The summed E-state index contributed by atoms with van der Waals surface area (Å²) in [6, 6.07) is 2.73. The molecule has 5 atom stereocenters. The lowest BCUT2D eigenvalue weighted by molar-refractivity contribution is -0.141. The number of primary amides is 2. The van der Waals surface area contributed by atoms with Gasteiger partial charge in [-0.3, -0.25) is 43.2 Å².